The van der Waals surface area contributed by atoms with E-state index in [1.807, 2.05) is 18.2 Å². The van der Waals surface area contributed by atoms with Crippen molar-refractivity contribution in [2.75, 3.05) is 18.0 Å². The molecule has 0 radical (unpaired) electrons. The first-order valence-electron chi connectivity index (χ1n) is 6.87. The van der Waals surface area contributed by atoms with E-state index in [-0.39, 0.29) is 0 Å². The van der Waals surface area contributed by atoms with Gasteiger partial charge in [-0.1, -0.05) is 30.3 Å². The molecule has 0 spiro atoms. The third kappa shape index (κ3) is 2.52. The first-order chi connectivity index (χ1) is 9.74. The molecule has 0 bridgehead atoms. The average molecular weight is 267 g/mol. The third-order valence-electron chi connectivity index (χ3n) is 3.94. The van der Waals surface area contributed by atoms with Crippen LogP contribution < -0.4 is 4.90 Å². The van der Waals surface area contributed by atoms with Crippen molar-refractivity contribution in [1.82, 2.24) is 0 Å². The van der Waals surface area contributed by atoms with Gasteiger partial charge in [-0.3, -0.25) is 0 Å². The highest BCUT2D eigenvalue weighted by Gasteiger charge is 2.23. The topological polar surface area (TPSA) is 40.5 Å². The molecule has 1 N–H and O–H groups in total. The third-order valence-corrected chi connectivity index (χ3v) is 3.94. The van der Waals surface area contributed by atoms with Crippen molar-refractivity contribution >= 4 is 11.7 Å². The normalized spacial score (nSPS) is 18.2. The van der Waals surface area contributed by atoms with Crippen LogP contribution in [0.5, 0.6) is 0 Å². The Morgan fingerprint density at radius 3 is 2.40 bits per heavy atom. The number of rotatable bonds is 3. The Bertz CT molecular complexity index is 592. The van der Waals surface area contributed by atoms with E-state index in [0.29, 0.717) is 11.5 Å². The van der Waals surface area contributed by atoms with Gasteiger partial charge in [0.1, 0.15) is 0 Å². The molecule has 2 aromatic rings. The Hall–Kier alpha value is -2.29. The van der Waals surface area contributed by atoms with Crippen LogP contribution >= 0.6 is 0 Å². The molecule has 1 unspecified atom stereocenters. The average Bonchev–Trinajstić information content (AvgIpc) is 2.98. The van der Waals surface area contributed by atoms with Gasteiger partial charge in [-0.05, 0) is 36.2 Å². The first-order valence-corrected chi connectivity index (χ1v) is 6.87. The fraction of sp³-hybridized carbons (Fsp3) is 0.235. The molecule has 0 aromatic heterocycles. The number of hydrogen-bond acceptors (Lipinski definition) is 2. The SMILES string of the molecule is O=C(O)c1ccc(N2CCC(c3ccccc3)C2)cc1. The molecule has 1 atom stereocenters. The summed E-state index contributed by atoms with van der Waals surface area (Å²) in [6.45, 7) is 2.02. The summed E-state index contributed by atoms with van der Waals surface area (Å²) in [6, 6.07) is 17.7. The largest absolute Gasteiger partial charge is 0.478 e. The van der Waals surface area contributed by atoms with Gasteiger partial charge in [0, 0.05) is 24.7 Å². The van der Waals surface area contributed by atoms with Gasteiger partial charge >= 0.3 is 5.97 Å². The van der Waals surface area contributed by atoms with Crippen LogP contribution in [-0.4, -0.2) is 24.2 Å². The van der Waals surface area contributed by atoms with Crippen molar-refractivity contribution in [2.24, 2.45) is 0 Å². The van der Waals surface area contributed by atoms with Crippen LogP contribution in [0.2, 0.25) is 0 Å². The summed E-state index contributed by atoms with van der Waals surface area (Å²) >= 11 is 0. The number of carbonyl (C=O) groups is 1. The summed E-state index contributed by atoms with van der Waals surface area (Å²) in [5.41, 5.74) is 2.83. The molecule has 3 heteroatoms. The highest BCUT2D eigenvalue weighted by Crippen LogP contribution is 2.30. The van der Waals surface area contributed by atoms with E-state index in [1.165, 1.54) is 5.56 Å². The zero-order valence-corrected chi connectivity index (χ0v) is 11.2. The van der Waals surface area contributed by atoms with Gasteiger partial charge in [0.05, 0.1) is 5.56 Å². The zero-order valence-electron chi connectivity index (χ0n) is 11.2. The van der Waals surface area contributed by atoms with Crippen molar-refractivity contribution in [3.8, 4) is 0 Å². The Kier molecular flexibility index (Phi) is 3.42. The maximum absolute atomic E-state index is 10.9. The molecule has 1 aliphatic heterocycles. The Balaban J connectivity index is 1.72. The number of hydrogen-bond donors (Lipinski definition) is 1. The predicted octanol–water partition coefficient (Wildman–Crippen LogP) is 3.38. The Labute approximate surface area is 118 Å². The van der Waals surface area contributed by atoms with Crippen molar-refractivity contribution < 1.29 is 9.90 Å². The summed E-state index contributed by atoms with van der Waals surface area (Å²) in [5, 5.41) is 8.92. The molecule has 102 valence electrons. The van der Waals surface area contributed by atoms with Gasteiger partial charge < -0.3 is 10.0 Å². The summed E-state index contributed by atoms with van der Waals surface area (Å²) in [7, 11) is 0. The number of benzene rings is 2. The molecular formula is C17H17NO2. The van der Waals surface area contributed by atoms with E-state index < -0.39 is 5.97 Å². The minimum absolute atomic E-state index is 0.340. The Morgan fingerprint density at radius 2 is 1.75 bits per heavy atom. The summed E-state index contributed by atoms with van der Waals surface area (Å²) in [5.74, 6) is -0.310. The molecule has 1 heterocycles. The van der Waals surface area contributed by atoms with Crippen LogP contribution in [0, 0.1) is 0 Å². The van der Waals surface area contributed by atoms with Gasteiger partial charge in [0.2, 0.25) is 0 Å². The van der Waals surface area contributed by atoms with E-state index in [1.54, 1.807) is 12.1 Å². The highest BCUT2D eigenvalue weighted by atomic mass is 16.4. The standard InChI is InChI=1S/C17H17NO2/c19-17(20)14-6-8-16(9-7-14)18-11-10-15(12-18)13-4-2-1-3-5-13/h1-9,15H,10-12H2,(H,19,20). The Morgan fingerprint density at radius 1 is 1.05 bits per heavy atom. The fourth-order valence-electron chi connectivity index (χ4n) is 2.81. The molecule has 2 aromatic carbocycles. The fourth-order valence-corrected chi connectivity index (χ4v) is 2.81. The van der Waals surface area contributed by atoms with Crippen LogP contribution in [0.1, 0.15) is 28.3 Å². The molecule has 1 fully saturated rings. The van der Waals surface area contributed by atoms with E-state index in [9.17, 15) is 4.79 Å². The number of carboxylic acid groups (broad SMARTS) is 1. The molecule has 20 heavy (non-hydrogen) atoms. The molecule has 3 rings (SSSR count). The summed E-state index contributed by atoms with van der Waals surface area (Å²) in [4.78, 5) is 13.2. The maximum atomic E-state index is 10.9. The van der Waals surface area contributed by atoms with Gasteiger partial charge in [-0.15, -0.1) is 0 Å². The lowest BCUT2D eigenvalue weighted by molar-refractivity contribution is 0.0697. The highest BCUT2D eigenvalue weighted by molar-refractivity contribution is 5.88. The number of aromatic carboxylic acids is 1. The van der Waals surface area contributed by atoms with Crippen LogP contribution in [0.15, 0.2) is 54.6 Å². The second kappa shape index (κ2) is 5.37. The van der Waals surface area contributed by atoms with E-state index in [2.05, 4.69) is 29.2 Å². The van der Waals surface area contributed by atoms with E-state index in [0.717, 1.165) is 25.2 Å². The minimum Gasteiger partial charge on any atom is -0.478 e. The van der Waals surface area contributed by atoms with Crippen LogP contribution in [0.4, 0.5) is 5.69 Å². The predicted molar refractivity (Wildman–Crippen MR) is 79.4 cm³/mol. The number of anilines is 1. The van der Waals surface area contributed by atoms with E-state index in [4.69, 9.17) is 5.11 Å². The number of nitrogens with zero attached hydrogens (tertiary/aromatic N) is 1. The van der Waals surface area contributed by atoms with Crippen molar-refractivity contribution in [3.63, 3.8) is 0 Å². The maximum Gasteiger partial charge on any atom is 0.335 e. The van der Waals surface area contributed by atoms with Crippen molar-refractivity contribution in [1.29, 1.82) is 0 Å². The molecule has 1 aliphatic rings. The zero-order chi connectivity index (χ0) is 13.9. The second-order valence-electron chi connectivity index (χ2n) is 5.19. The van der Waals surface area contributed by atoms with Crippen LogP contribution in [0.25, 0.3) is 0 Å². The monoisotopic (exact) mass is 267 g/mol. The summed E-state index contributed by atoms with van der Waals surface area (Å²) in [6.07, 6.45) is 1.14. The van der Waals surface area contributed by atoms with Gasteiger partial charge in [-0.2, -0.15) is 0 Å². The molecule has 3 nitrogen and oxygen atoms in total. The summed E-state index contributed by atoms with van der Waals surface area (Å²) < 4.78 is 0. The molecule has 1 saturated heterocycles. The lowest BCUT2D eigenvalue weighted by Gasteiger charge is -2.19. The molecule has 0 amide bonds. The second-order valence-corrected chi connectivity index (χ2v) is 5.19. The van der Waals surface area contributed by atoms with Crippen molar-refractivity contribution in [2.45, 2.75) is 12.3 Å². The lowest BCUT2D eigenvalue weighted by atomic mass is 9.99. The minimum atomic E-state index is -0.875. The molecular weight excluding hydrogens is 250 g/mol. The quantitative estimate of drug-likeness (QED) is 0.926. The van der Waals surface area contributed by atoms with E-state index >= 15 is 0 Å². The molecule has 0 aliphatic carbocycles. The van der Waals surface area contributed by atoms with Crippen molar-refractivity contribution in [3.05, 3.63) is 65.7 Å². The number of carboxylic acids is 1. The molecule has 0 saturated carbocycles. The van der Waals surface area contributed by atoms with Crippen LogP contribution in [-0.2, 0) is 0 Å². The van der Waals surface area contributed by atoms with Gasteiger partial charge in [0.25, 0.3) is 0 Å². The lowest BCUT2D eigenvalue weighted by Crippen LogP contribution is -2.19. The smallest absolute Gasteiger partial charge is 0.335 e. The van der Waals surface area contributed by atoms with Gasteiger partial charge in [-0.25, -0.2) is 4.79 Å². The van der Waals surface area contributed by atoms with Crippen LogP contribution in [0.3, 0.4) is 0 Å². The first kappa shape index (κ1) is 12.7. The van der Waals surface area contributed by atoms with Gasteiger partial charge in [0.15, 0.2) is 0 Å².